The summed E-state index contributed by atoms with van der Waals surface area (Å²) >= 11 is 0. The predicted octanol–water partition coefficient (Wildman–Crippen LogP) is 2.12. The first kappa shape index (κ1) is 14.0. The van der Waals surface area contributed by atoms with Crippen molar-refractivity contribution in [2.45, 2.75) is 31.6 Å². The Bertz CT molecular complexity index is 600. The molecule has 1 atom stereocenters. The lowest BCUT2D eigenvalue weighted by atomic mass is 10.1. The third kappa shape index (κ3) is 3.14. The number of benzene rings is 1. The van der Waals surface area contributed by atoms with Gasteiger partial charge in [0.15, 0.2) is 0 Å². The Balaban J connectivity index is 2.19. The van der Waals surface area contributed by atoms with E-state index in [4.69, 9.17) is 5.26 Å². The molecule has 1 fully saturated rings. The van der Waals surface area contributed by atoms with E-state index in [0.29, 0.717) is 17.0 Å². The standard InChI is InChI=1S/C14H18N2O2S/c1-11(12-7-8-12)16(2)19(17,18)10-14-6-4-3-5-13(14)9-15/h3-6,11-12H,7-8,10H2,1-2H3. The third-order valence-electron chi connectivity index (χ3n) is 3.79. The van der Waals surface area contributed by atoms with Crippen molar-refractivity contribution in [3.63, 3.8) is 0 Å². The number of hydrogen-bond acceptors (Lipinski definition) is 3. The van der Waals surface area contributed by atoms with Gasteiger partial charge in [0.05, 0.1) is 17.4 Å². The second kappa shape index (κ2) is 5.32. The Morgan fingerprint density at radius 3 is 2.63 bits per heavy atom. The Kier molecular flexibility index (Phi) is 3.93. The van der Waals surface area contributed by atoms with Crippen LogP contribution in [0.4, 0.5) is 0 Å². The maximum atomic E-state index is 12.4. The van der Waals surface area contributed by atoms with Gasteiger partial charge in [0, 0.05) is 13.1 Å². The summed E-state index contributed by atoms with van der Waals surface area (Å²) < 4.78 is 26.2. The van der Waals surface area contributed by atoms with Crippen LogP contribution in [0.25, 0.3) is 0 Å². The van der Waals surface area contributed by atoms with Crippen molar-refractivity contribution in [3.8, 4) is 6.07 Å². The van der Waals surface area contributed by atoms with Gasteiger partial charge in [0.25, 0.3) is 0 Å². The van der Waals surface area contributed by atoms with Crippen molar-refractivity contribution in [1.29, 1.82) is 5.26 Å². The van der Waals surface area contributed by atoms with Crippen molar-refractivity contribution in [3.05, 3.63) is 35.4 Å². The van der Waals surface area contributed by atoms with E-state index in [1.807, 2.05) is 13.0 Å². The molecule has 1 unspecified atom stereocenters. The van der Waals surface area contributed by atoms with Gasteiger partial charge in [-0.1, -0.05) is 18.2 Å². The minimum atomic E-state index is -3.37. The maximum absolute atomic E-state index is 12.4. The van der Waals surface area contributed by atoms with Crippen LogP contribution in [-0.4, -0.2) is 25.8 Å². The fraction of sp³-hybridized carbons (Fsp3) is 0.500. The number of nitrogens with zero attached hydrogens (tertiary/aromatic N) is 2. The Morgan fingerprint density at radius 1 is 1.42 bits per heavy atom. The summed E-state index contributed by atoms with van der Waals surface area (Å²) in [4.78, 5) is 0. The van der Waals surface area contributed by atoms with Gasteiger partial charge in [-0.25, -0.2) is 12.7 Å². The minimum Gasteiger partial charge on any atom is -0.212 e. The topological polar surface area (TPSA) is 61.2 Å². The molecule has 1 aliphatic carbocycles. The van der Waals surface area contributed by atoms with E-state index in [1.165, 1.54) is 4.31 Å². The van der Waals surface area contributed by atoms with E-state index in [-0.39, 0.29) is 11.8 Å². The van der Waals surface area contributed by atoms with Crippen LogP contribution >= 0.6 is 0 Å². The van der Waals surface area contributed by atoms with Gasteiger partial charge in [0.1, 0.15) is 0 Å². The molecule has 0 aromatic heterocycles. The zero-order valence-electron chi connectivity index (χ0n) is 11.2. The first-order chi connectivity index (χ1) is 8.95. The second-order valence-corrected chi connectivity index (χ2v) is 7.15. The van der Waals surface area contributed by atoms with E-state index in [0.717, 1.165) is 12.8 Å². The molecule has 0 N–H and O–H groups in total. The molecular weight excluding hydrogens is 260 g/mol. The highest BCUT2D eigenvalue weighted by molar-refractivity contribution is 7.88. The van der Waals surface area contributed by atoms with Crippen LogP contribution in [0, 0.1) is 17.2 Å². The van der Waals surface area contributed by atoms with Gasteiger partial charge in [-0.05, 0) is 37.3 Å². The van der Waals surface area contributed by atoms with Crippen molar-refractivity contribution >= 4 is 10.0 Å². The van der Waals surface area contributed by atoms with E-state index in [1.54, 1.807) is 31.3 Å². The molecule has 4 nitrogen and oxygen atoms in total. The van der Waals surface area contributed by atoms with Crippen LogP contribution in [0.3, 0.4) is 0 Å². The van der Waals surface area contributed by atoms with Gasteiger partial charge >= 0.3 is 0 Å². The van der Waals surface area contributed by atoms with E-state index < -0.39 is 10.0 Å². The normalized spacial score (nSPS) is 17.2. The summed E-state index contributed by atoms with van der Waals surface area (Å²) in [5, 5.41) is 9.00. The van der Waals surface area contributed by atoms with Crippen LogP contribution < -0.4 is 0 Å². The first-order valence-corrected chi connectivity index (χ1v) is 8.00. The second-order valence-electron chi connectivity index (χ2n) is 5.12. The molecule has 1 saturated carbocycles. The van der Waals surface area contributed by atoms with Gasteiger partial charge in [0.2, 0.25) is 10.0 Å². The summed E-state index contributed by atoms with van der Waals surface area (Å²) in [6.07, 6.45) is 2.21. The van der Waals surface area contributed by atoms with Crippen LogP contribution in [0.1, 0.15) is 30.9 Å². The summed E-state index contributed by atoms with van der Waals surface area (Å²) in [5.74, 6) is 0.385. The van der Waals surface area contributed by atoms with Gasteiger partial charge in [-0.3, -0.25) is 0 Å². The summed E-state index contributed by atoms with van der Waals surface area (Å²) in [7, 11) is -1.74. The molecule has 2 rings (SSSR count). The molecule has 102 valence electrons. The third-order valence-corrected chi connectivity index (χ3v) is 5.68. The van der Waals surface area contributed by atoms with Gasteiger partial charge in [-0.2, -0.15) is 5.26 Å². The van der Waals surface area contributed by atoms with Crippen molar-refractivity contribution in [2.75, 3.05) is 7.05 Å². The molecule has 0 saturated heterocycles. The molecule has 5 heteroatoms. The molecule has 0 radical (unpaired) electrons. The molecule has 0 heterocycles. The van der Waals surface area contributed by atoms with Crippen molar-refractivity contribution in [1.82, 2.24) is 4.31 Å². The van der Waals surface area contributed by atoms with Gasteiger partial charge in [-0.15, -0.1) is 0 Å². The number of hydrogen-bond donors (Lipinski definition) is 0. The van der Waals surface area contributed by atoms with Crippen molar-refractivity contribution < 1.29 is 8.42 Å². The Labute approximate surface area is 114 Å². The molecule has 0 bridgehead atoms. The quantitative estimate of drug-likeness (QED) is 0.829. The van der Waals surface area contributed by atoms with E-state index >= 15 is 0 Å². The van der Waals surface area contributed by atoms with Crippen LogP contribution in [-0.2, 0) is 15.8 Å². The number of rotatable bonds is 5. The lowest BCUT2D eigenvalue weighted by Crippen LogP contribution is -2.37. The Hall–Kier alpha value is -1.38. The highest BCUT2D eigenvalue weighted by atomic mass is 32.2. The zero-order chi connectivity index (χ0) is 14.0. The highest BCUT2D eigenvalue weighted by Crippen LogP contribution is 2.35. The summed E-state index contributed by atoms with van der Waals surface area (Å²) in [5.41, 5.74) is 0.999. The summed E-state index contributed by atoms with van der Waals surface area (Å²) in [6, 6.07) is 8.93. The average molecular weight is 278 g/mol. The SMILES string of the molecule is CC(C1CC1)N(C)S(=O)(=O)Cc1ccccc1C#N. The van der Waals surface area contributed by atoms with Gasteiger partial charge < -0.3 is 0 Å². The van der Waals surface area contributed by atoms with E-state index in [9.17, 15) is 8.42 Å². The molecule has 0 aliphatic heterocycles. The highest BCUT2D eigenvalue weighted by Gasteiger charge is 2.35. The van der Waals surface area contributed by atoms with Crippen LogP contribution in [0.15, 0.2) is 24.3 Å². The molecule has 19 heavy (non-hydrogen) atoms. The van der Waals surface area contributed by atoms with Crippen molar-refractivity contribution in [2.24, 2.45) is 5.92 Å². The lowest BCUT2D eigenvalue weighted by molar-refractivity contribution is 0.356. The molecule has 1 aromatic carbocycles. The van der Waals surface area contributed by atoms with E-state index in [2.05, 4.69) is 0 Å². The smallest absolute Gasteiger partial charge is 0.212 e. The zero-order valence-corrected chi connectivity index (χ0v) is 12.0. The largest absolute Gasteiger partial charge is 0.218 e. The monoisotopic (exact) mass is 278 g/mol. The average Bonchev–Trinajstić information content (AvgIpc) is 3.21. The Morgan fingerprint density at radius 2 is 2.05 bits per heavy atom. The van der Waals surface area contributed by atoms with Crippen LogP contribution in [0.5, 0.6) is 0 Å². The fourth-order valence-electron chi connectivity index (χ4n) is 2.18. The molecule has 1 aliphatic rings. The minimum absolute atomic E-state index is 0.0410. The van der Waals surface area contributed by atoms with Crippen LogP contribution in [0.2, 0.25) is 0 Å². The maximum Gasteiger partial charge on any atom is 0.218 e. The molecular formula is C14H18N2O2S. The summed E-state index contributed by atoms with van der Waals surface area (Å²) in [6.45, 7) is 1.95. The molecule has 1 aromatic rings. The lowest BCUT2D eigenvalue weighted by Gasteiger charge is -2.24. The molecule has 0 amide bonds. The fourth-order valence-corrected chi connectivity index (χ4v) is 3.71. The molecule has 0 spiro atoms. The number of sulfonamides is 1. The number of nitriles is 1. The predicted molar refractivity (Wildman–Crippen MR) is 73.7 cm³/mol. The first-order valence-electron chi connectivity index (χ1n) is 6.39.